The first kappa shape index (κ1) is 19.4. The minimum Gasteiger partial charge on any atom is -0.464 e. The fraction of sp³-hybridized carbons (Fsp3) is 0.400. The van der Waals surface area contributed by atoms with Gasteiger partial charge in [-0.1, -0.05) is 30.3 Å². The first-order valence-corrected chi connectivity index (χ1v) is 10.8. The molecule has 6 nitrogen and oxygen atoms in total. The number of rotatable bonds is 6. The van der Waals surface area contributed by atoms with E-state index in [4.69, 9.17) is 0 Å². The molecule has 0 amide bonds. The molecule has 0 aliphatic carbocycles. The molecule has 0 saturated carbocycles. The van der Waals surface area contributed by atoms with Gasteiger partial charge in [-0.3, -0.25) is 0 Å². The van der Waals surface area contributed by atoms with Crippen LogP contribution < -0.4 is 4.90 Å². The van der Waals surface area contributed by atoms with Crippen molar-refractivity contribution < 1.29 is 17.9 Å². The number of hydrogen-bond donors (Lipinski definition) is 0. The van der Waals surface area contributed by atoms with E-state index < -0.39 is 15.8 Å². The summed E-state index contributed by atoms with van der Waals surface area (Å²) in [6.45, 7) is 1.57. The zero-order valence-electron chi connectivity index (χ0n) is 15.4. The minimum atomic E-state index is -3.12. The molecule has 1 aliphatic heterocycles. The number of carbonyl (C=O) groups excluding carboxylic acids is 1. The van der Waals surface area contributed by atoms with Gasteiger partial charge in [0.2, 0.25) is 0 Å². The molecule has 1 saturated heterocycles. The smallest absolute Gasteiger partial charge is 0.356 e. The third kappa shape index (κ3) is 5.29. The standard InChI is InChI=1S/C20H24N2O4S/c1-26-20(23)19-8-7-18(13-21-19)22-11-9-17(10-12-22)15-27(24,25)14-16-5-3-2-4-6-16/h2-8,13,17H,9-12,14-15H2,1H3. The number of methoxy groups -OCH3 is 1. The van der Waals surface area contributed by atoms with E-state index in [1.807, 2.05) is 36.4 Å². The van der Waals surface area contributed by atoms with Gasteiger partial charge in [-0.05, 0) is 36.5 Å². The van der Waals surface area contributed by atoms with Crippen molar-refractivity contribution in [3.05, 3.63) is 59.9 Å². The van der Waals surface area contributed by atoms with E-state index >= 15 is 0 Å². The van der Waals surface area contributed by atoms with Gasteiger partial charge in [0.05, 0.1) is 30.5 Å². The SMILES string of the molecule is COC(=O)c1ccc(N2CCC(CS(=O)(=O)Cc3ccccc3)CC2)cn1. The number of aromatic nitrogens is 1. The number of piperidine rings is 1. The lowest BCUT2D eigenvalue weighted by Gasteiger charge is -2.33. The molecule has 2 heterocycles. The molecule has 27 heavy (non-hydrogen) atoms. The summed E-state index contributed by atoms with van der Waals surface area (Å²) in [5.74, 6) is 0.0588. The average molecular weight is 388 g/mol. The Bertz CT molecular complexity index is 859. The van der Waals surface area contributed by atoms with Gasteiger partial charge < -0.3 is 9.64 Å². The van der Waals surface area contributed by atoms with Gasteiger partial charge in [0.1, 0.15) is 5.69 Å². The quantitative estimate of drug-likeness (QED) is 0.708. The van der Waals surface area contributed by atoms with Crippen molar-refractivity contribution in [1.29, 1.82) is 0 Å². The average Bonchev–Trinajstić information content (AvgIpc) is 2.68. The second kappa shape index (κ2) is 8.52. The molecule has 1 aromatic heterocycles. The van der Waals surface area contributed by atoms with E-state index in [0.717, 1.165) is 37.2 Å². The highest BCUT2D eigenvalue weighted by molar-refractivity contribution is 7.90. The Hall–Kier alpha value is -2.41. The number of benzene rings is 1. The zero-order valence-corrected chi connectivity index (χ0v) is 16.2. The molecular weight excluding hydrogens is 364 g/mol. The van der Waals surface area contributed by atoms with Crippen LogP contribution in [-0.4, -0.2) is 45.3 Å². The number of ether oxygens (including phenoxy) is 1. The second-order valence-corrected chi connectivity index (χ2v) is 8.97. The summed E-state index contributed by atoms with van der Waals surface area (Å²) in [6.07, 6.45) is 3.32. The summed E-state index contributed by atoms with van der Waals surface area (Å²) >= 11 is 0. The summed E-state index contributed by atoms with van der Waals surface area (Å²) in [4.78, 5) is 17.8. The Labute approximate surface area is 160 Å². The normalized spacial score (nSPS) is 15.5. The van der Waals surface area contributed by atoms with E-state index in [9.17, 15) is 13.2 Å². The lowest BCUT2D eigenvalue weighted by atomic mass is 9.98. The Morgan fingerprint density at radius 3 is 2.44 bits per heavy atom. The van der Waals surface area contributed by atoms with E-state index in [-0.39, 0.29) is 23.1 Å². The molecule has 0 spiro atoms. The monoisotopic (exact) mass is 388 g/mol. The van der Waals surface area contributed by atoms with Crippen LogP contribution >= 0.6 is 0 Å². The molecule has 3 rings (SSSR count). The van der Waals surface area contributed by atoms with Gasteiger partial charge in [0.15, 0.2) is 9.84 Å². The number of pyridine rings is 1. The maximum atomic E-state index is 12.5. The molecule has 1 aliphatic rings. The second-order valence-electron chi connectivity index (χ2n) is 6.86. The summed E-state index contributed by atoms with van der Waals surface area (Å²) in [5.41, 5.74) is 2.06. The zero-order chi connectivity index (χ0) is 19.3. The Morgan fingerprint density at radius 1 is 1.15 bits per heavy atom. The summed E-state index contributed by atoms with van der Waals surface area (Å²) < 4.78 is 29.6. The first-order valence-electron chi connectivity index (χ1n) is 9.00. The molecular formula is C20H24N2O4S. The molecule has 144 valence electrons. The third-order valence-electron chi connectivity index (χ3n) is 4.84. The van der Waals surface area contributed by atoms with Crippen LogP contribution in [0.1, 0.15) is 28.9 Å². The van der Waals surface area contributed by atoms with Crippen molar-refractivity contribution in [2.24, 2.45) is 5.92 Å². The summed E-state index contributed by atoms with van der Waals surface area (Å²) in [5, 5.41) is 0. The molecule has 0 unspecified atom stereocenters. The lowest BCUT2D eigenvalue weighted by Crippen LogP contribution is -2.36. The topological polar surface area (TPSA) is 76.6 Å². The highest BCUT2D eigenvalue weighted by Gasteiger charge is 2.25. The Kier molecular flexibility index (Phi) is 6.11. The van der Waals surface area contributed by atoms with Gasteiger partial charge in [-0.25, -0.2) is 18.2 Å². The van der Waals surface area contributed by atoms with Crippen molar-refractivity contribution in [3.8, 4) is 0 Å². The van der Waals surface area contributed by atoms with Gasteiger partial charge in [0, 0.05) is 13.1 Å². The van der Waals surface area contributed by atoms with E-state index in [1.54, 1.807) is 12.3 Å². The van der Waals surface area contributed by atoms with Crippen LogP contribution in [0.4, 0.5) is 5.69 Å². The number of sulfone groups is 1. The van der Waals surface area contributed by atoms with E-state index in [1.165, 1.54) is 7.11 Å². The summed E-state index contributed by atoms with van der Waals surface area (Å²) in [6, 6.07) is 12.8. The highest BCUT2D eigenvalue weighted by atomic mass is 32.2. The van der Waals surface area contributed by atoms with Gasteiger partial charge in [-0.15, -0.1) is 0 Å². The van der Waals surface area contributed by atoms with Crippen molar-refractivity contribution in [3.63, 3.8) is 0 Å². The van der Waals surface area contributed by atoms with E-state index in [2.05, 4.69) is 14.6 Å². The van der Waals surface area contributed by atoms with Crippen LogP contribution in [0, 0.1) is 5.92 Å². The fourth-order valence-corrected chi connectivity index (χ4v) is 5.27. The lowest BCUT2D eigenvalue weighted by molar-refractivity contribution is 0.0594. The maximum Gasteiger partial charge on any atom is 0.356 e. The molecule has 0 radical (unpaired) electrons. The molecule has 0 bridgehead atoms. The van der Waals surface area contributed by atoms with Crippen LogP contribution in [0.3, 0.4) is 0 Å². The Morgan fingerprint density at radius 2 is 1.85 bits per heavy atom. The molecule has 2 aromatic rings. The maximum absolute atomic E-state index is 12.5. The molecule has 0 N–H and O–H groups in total. The number of hydrogen-bond acceptors (Lipinski definition) is 6. The van der Waals surface area contributed by atoms with Crippen LogP contribution in [0.15, 0.2) is 48.7 Å². The van der Waals surface area contributed by atoms with Gasteiger partial charge in [0.25, 0.3) is 0 Å². The molecule has 0 atom stereocenters. The predicted molar refractivity (Wildman–Crippen MR) is 104 cm³/mol. The number of anilines is 1. The minimum absolute atomic E-state index is 0.104. The van der Waals surface area contributed by atoms with Crippen LogP contribution in [0.2, 0.25) is 0 Å². The van der Waals surface area contributed by atoms with Gasteiger partial charge >= 0.3 is 5.97 Å². The highest BCUT2D eigenvalue weighted by Crippen LogP contribution is 2.25. The fourth-order valence-electron chi connectivity index (χ4n) is 3.40. The molecule has 1 aromatic carbocycles. The number of esters is 1. The third-order valence-corrected chi connectivity index (χ3v) is 6.59. The Balaban J connectivity index is 1.53. The van der Waals surface area contributed by atoms with Crippen molar-refractivity contribution >= 4 is 21.5 Å². The van der Waals surface area contributed by atoms with Crippen LogP contribution in [0.5, 0.6) is 0 Å². The number of carbonyl (C=O) groups is 1. The predicted octanol–water partition coefficient (Wildman–Crippen LogP) is 2.70. The van der Waals surface area contributed by atoms with Crippen molar-refractivity contribution in [1.82, 2.24) is 4.98 Å². The van der Waals surface area contributed by atoms with Crippen LogP contribution in [-0.2, 0) is 20.3 Å². The van der Waals surface area contributed by atoms with Crippen molar-refractivity contribution in [2.45, 2.75) is 18.6 Å². The van der Waals surface area contributed by atoms with E-state index in [0.29, 0.717) is 0 Å². The first-order chi connectivity index (χ1) is 13.0. The molecule has 7 heteroatoms. The largest absolute Gasteiger partial charge is 0.464 e. The van der Waals surface area contributed by atoms with Gasteiger partial charge in [-0.2, -0.15) is 0 Å². The molecule has 1 fully saturated rings. The summed E-state index contributed by atoms with van der Waals surface area (Å²) in [7, 11) is -1.79. The number of nitrogens with zero attached hydrogens (tertiary/aromatic N) is 2. The van der Waals surface area contributed by atoms with Crippen molar-refractivity contribution in [2.75, 3.05) is 30.9 Å². The van der Waals surface area contributed by atoms with Crippen LogP contribution in [0.25, 0.3) is 0 Å².